The SMILES string of the molecule is CC(C)CC(NC(=O)C(Cc1ccccc1)NC(=O)c1cnccn1)B1OC(=O)C[C@@](CC(=O)N(C)C)(C(=O)O)O1. The van der Waals surface area contributed by atoms with Crippen LogP contribution >= 0.6 is 0 Å². The number of carboxylic acid groups (broad SMARTS) is 1. The highest BCUT2D eigenvalue weighted by Crippen LogP contribution is 2.30. The van der Waals surface area contributed by atoms with Gasteiger partial charge in [-0.2, -0.15) is 0 Å². The van der Waals surface area contributed by atoms with Crippen LogP contribution in [0.25, 0.3) is 0 Å². The van der Waals surface area contributed by atoms with Crippen LogP contribution in [-0.4, -0.2) is 88.4 Å². The molecule has 41 heavy (non-hydrogen) atoms. The summed E-state index contributed by atoms with van der Waals surface area (Å²) in [5.41, 5.74) is -1.40. The Kier molecular flexibility index (Phi) is 10.5. The number of benzene rings is 1. The summed E-state index contributed by atoms with van der Waals surface area (Å²) in [5.74, 6) is -5.22. The standard InChI is InChI=1S/C27H34BN5O8/c1-17(2)12-21(28-40-23(35)15-27(41-28,26(38)39)14-22(34)33(3)4)32-24(36)19(13-18-8-6-5-7-9-18)31-25(37)20-16-29-10-11-30-20/h5-11,16-17,19,21H,12-15H2,1-4H3,(H,31,37)(H,32,36)(H,38,39)/t19?,21?,27-/m0/s1. The Hall–Kier alpha value is -4.33. The highest BCUT2D eigenvalue weighted by atomic mass is 16.6. The van der Waals surface area contributed by atoms with E-state index in [0.29, 0.717) is 0 Å². The van der Waals surface area contributed by atoms with Gasteiger partial charge in [-0.3, -0.25) is 24.2 Å². The Morgan fingerprint density at radius 1 is 1.12 bits per heavy atom. The number of rotatable bonds is 12. The average Bonchev–Trinajstić information content (AvgIpc) is 2.92. The van der Waals surface area contributed by atoms with E-state index in [-0.39, 0.29) is 24.5 Å². The minimum atomic E-state index is -2.18. The molecule has 0 spiro atoms. The van der Waals surface area contributed by atoms with Gasteiger partial charge in [-0.1, -0.05) is 44.2 Å². The molecule has 13 nitrogen and oxygen atoms in total. The second kappa shape index (κ2) is 13.8. The van der Waals surface area contributed by atoms with E-state index in [4.69, 9.17) is 9.31 Å². The van der Waals surface area contributed by atoms with E-state index in [1.807, 2.05) is 19.9 Å². The third-order valence-corrected chi connectivity index (χ3v) is 6.43. The number of amides is 3. The summed E-state index contributed by atoms with van der Waals surface area (Å²) in [4.78, 5) is 73.0. The zero-order chi connectivity index (χ0) is 30.2. The summed E-state index contributed by atoms with van der Waals surface area (Å²) in [5, 5.41) is 15.5. The van der Waals surface area contributed by atoms with Gasteiger partial charge in [-0.05, 0) is 17.9 Å². The van der Waals surface area contributed by atoms with E-state index >= 15 is 0 Å². The lowest BCUT2D eigenvalue weighted by Crippen LogP contribution is -2.63. The first-order valence-electron chi connectivity index (χ1n) is 13.1. The van der Waals surface area contributed by atoms with Crippen LogP contribution in [0.3, 0.4) is 0 Å². The van der Waals surface area contributed by atoms with Gasteiger partial charge in [0.1, 0.15) is 11.7 Å². The Morgan fingerprint density at radius 2 is 1.83 bits per heavy atom. The van der Waals surface area contributed by atoms with Gasteiger partial charge in [0.15, 0.2) is 5.60 Å². The molecule has 3 amide bonds. The van der Waals surface area contributed by atoms with Gasteiger partial charge >= 0.3 is 13.1 Å². The number of nitrogens with one attached hydrogen (secondary N) is 2. The van der Waals surface area contributed by atoms with Gasteiger partial charge in [0.25, 0.3) is 11.9 Å². The molecule has 3 N–H and O–H groups in total. The first-order chi connectivity index (χ1) is 19.4. The molecule has 3 atom stereocenters. The summed E-state index contributed by atoms with van der Waals surface area (Å²) >= 11 is 0. The minimum absolute atomic E-state index is 0.0124. The predicted molar refractivity (Wildman–Crippen MR) is 146 cm³/mol. The van der Waals surface area contributed by atoms with E-state index < -0.39 is 67.2 Å². The van der Waals surface area contributed by atoms with Crippen LogP contribution in [0.2, 0.25) is 0 Å². The molecule has 1 fully saturated rings. The number of carbonyl (C=O) groups is 5. The first-order valence-corrected chi connectivity index (χ1v) is 13.1. The van der Waals surface area contributed by atoms with Crippen molar-refractivity contribution < 1.29 is 38.4 Å². The Labute approximate surface area is 238 Å². The monoisotopic (exact) mass is 567 g/mol. The molecule has 0 bridgehead atoms. The molecule has 2 aromatic rings. The van der Waals surface area contributed by atoms with Crippen LogP contribution < -0.4 is 10.6 Å². The van der Waals surface area contributed by atoms with Crippen LogP contribution in [0.4, 0.5) is 0 Å². The van der Waals surface area contributed by atoms with Crippen LogP contribution in [-0.2, 0) is 34.9 Å². The normalized spacial score (nSPS) is 18.2. The van der Waals surface area contributed by atoms with Crippen molar-refractivity contribution >= 4 is 36.8 Å². The molecule has 2 heterocycles. The molecule has 3 rings (SSSR count). The van der Waals surface area contributed by atoms with E-state index in [1.165, 1.54) is 37.6 Å². The Morgan fingerprint density at radius 3 is 2.41 bits per heavy atom. The number of carboxylic acids is 1. The maximum atomic E-state index is 13.7. The van der Waals surface area contributed by atoms with Crippen molar-refractivity contribution in [1.82, 2.24) is 25.5 Å². The van der Waals surface area contributed by atoms with Crippen molar-refractivity contribution in [2.75, 3.05) is 14.1 Å². The van der Waals surface area contributed by atoms with Gasteiger partial charge in [0.2, 0.25) is 11.8 Å². The molecule has 1 aliphatic rings. The van der Waals surface area contributed by atoms with E-state index in [9.17, 15) is 29.1 Å². The second-order valence-electron chi connectivity index (χ2n) is 10.5. The quantitative estimate of drug-likeness (QED) is 0.309. The number of carbonyl (C=O) groups excluding carboxylic acids is 4. The molecular weight excluding hydrogens is 533 g/mol. The Balaban J connectivity index is 1.88. The highest BCUT2D eigenvalue weighted by molar-refractivity contribution is 6.50. The fourth-order valence-corrected chi connectivity index (χ4v) is 4.30. The van der Waals surface area contributed by atoms with Crippen LogP contribution in [0, 0.1) is 5.92 Å². The van der Waals surface area contributed by atoms with Crippen molar-refractivity contribution in [3.63, 3.8) is 0 Å². The molecule has 2 unspecified atom stereocenters. The van der Waals surface area contributed by atoms with Crippen LogP contribution in [0.15, 0.2) is 48.9 Å². The van der Waals surface area contributed by atoms with Gasteiger partial charge in [0.05, 0.1) is 25.0 Å². The molecule has 14 heteroatoms. The molecule has 0 aliphatic carbocycles. The van der Waals surface area contributed by atoms with Crippen LogP contribution in [0.5, 0.6) is 0 Å². The molecule has 218 valence electrons. The van der Waals surface area contributed by atoms with Crippen molar-refractivity contribution in [3.8, 4) is 0 Å². The number of nitrogens with zero attached hydrogens (tertiary/aromatic N) is 3. The van der Waals surface area contributed by atoms with Crippen LogP contribution in [0.1, 0.15) is 49.2 Å². The topological polar surface area (TPSA) is 177 Å². The van der Waals surface area contributed by atoms with Gasteiger partial charge in [-0.25, -0.2) is 9.78 Å². The van der Waals surface area contributed by atoms with Gasteiger partial charge in [0, 0.05) is 32.9 Å². The summed E-state index contributed by atoms with van der Waals surface area (Å²) in [7, 11) is 1.42. The molecule has 0 saturated carbocycles. The number of hydrogen-bond donors (Lipinski definition) is 3. The van der Waals surface area contributed by atoms with Gasteiger partial charge < -0.3 is 29.9 Å². The molecule has 1 aromatic heterocycles. The molecule has 0 radical (unpaired) electrons. The van der Waals surface area contributed by atoms with E-state index in [0.717, 1.165) is 5.56 Å². The molecule has 1 aromatic carbocycles. The van der Waals surface area contributed by atoms with Crippen molar-refractivity contribution in [3.05, 3.63) is 60.2 Å². The maximum Gasteiger partial charge on any atom is 0.552 e. The van der Waals surface area contributed by atoms with Gasteiger partial charge in [-0.15, -0.1) is 0 Å². The fraction of sp³-hybridized carbons (Fsp3) is 0.444. The highest BCUT2D eigenvalue weighted by Gasteiger charge is 2.55. The van der Waals surface area contributed by atoms with E-state index in [1.54, 1.807) is 24.3 Å². The molecular formula is C27H34BN5O8. The summed E-state index contributed by atoms with van der Waals surface area (Å²) in [6.45, 7) is 3.72. The lowest BCUT2D eigenvalue weighted by atomic mass is 9.70. The fourth-order valence-electron chi connectivity index (χ4n) is 4.30. The predicted octanol–water partition coefficient (Wildman–Crippen LogP) is 0.641. The third-order valence-electron chi connectivity index (χ3n) is 6.43. The number of aromatic nitrogens is 2. The zero-order valence-corrected chi connectivity index (χ0v) is 23.4. The largest absolute Gasteiger partial charge is 0.552 e. The van der Waals surface area contributed by atoms with Crippen molar-refractivity contribution in [2.45, 2.75) is 57.1 Å². The maximum absolute atomic E-state index is 13.7. The smallest absolute Gasteiger partial charge is 0.508 e. The lowest BCUT2D eigenvalue weighted by Gasteiger charge is -2.38. The molecule has 1 aliphatic heterocycles. The summed E-state index contributed by atoms with van der Waals surface area (Å²) in [6, 6.07) is 7.93. The Bertz CT molecular complexity index is 1250. The van der Waals surface area contributed by atoms with Crippen molar-refractivity contribution in [1.29, 1.82) is 0 Å². The van der Waals surface area contributed by atoms with Crippen molar-refractivity contribution in [2.24, 2.45) is 5.92 Å². The first kappa shape index (κ1) is 31.2. The zero-order valence-electron chi connectivity index (χ0n) is 23.4. The summed E-state index contributed by atoms with van der Waals surface area (Å²) < 4.78 is 11.2. The average molecular weight is 567 g/mol. The minimum Gasteiger partial charge on any atom is -0.508 e. The molecule has 1 saturated heterocycles. The number of aliphatic carboxylic acids is 1. The number of hydrogen-bond acceptors (Lipinski definition) is 9. The van der Waals surface area contributed by atoms with E-state index in [2.05, 4.69) is 20.6 Å². The summed E-state index contributed by atoms with van der Waals surface area (Å²) in [6.07, 6.45) is 3.11. The second-order valence-corrected chi connectivity index (χ2v) is 10.5. The third kappa shape index (κ3) is 8.58. The lowest BCUT2D eigenvalue weighted by molar-refractivity contribution is -0.173.